The van der Waals surface area contributed by atoms with Crippen LogP contribution in [0.15, 0.2) is 47.2 Å². The lowest BCUT2D eigenvalue weighted by Gasteiger charge is -2.02. The zero-order chi connectivity index (χ0) is 13.0. The van der Waals surface area contributed by atoms with Gasteiger partial charge >= 0.3 is 0 Å². The molecule has 0 bridgehead atoms. The number of rotatable bonds is 3. The van der Waals surface area contributed by atoms with Crippen LogP contribution in [0.3, 0.4) is 0 Å². The highest BCUT2D eigenvalue weighted by atomic mass is 79.9. The molecular formula is C13H10BrFN2O. The Kier molecular flexibility index (Phi) is 4.17. The largest absolute Gasteiger partial charge is 0.392 e. The average Bonchev–Trinajstić information content (AvgIpc) is 2.40. The zero-order valence-electron chi connectivity index (χ0n) is 9.35. The van der Waals surface area contributed by atoms with Crippen molar-refractivity contribution in [1.82, 2.24) is 9.97 Å². The Morgan fingerprint density at radius 1 is 1.22 bits per heavy atom. The monoisotopic (exact) mass is 308 g/mol. The number of hydrogen-bond acceptors (Lipinski definition) is 3. The maximum atomic E-state index is 13.4. The van der Waals surface area contributed by atoms with E-state index in [0.717, 1.165) is 16.1 Å². The second-order valence-corrected chi connectivity index (χ2v) is 4.45. The van der Waals surface area contributed by atoms with E-state index in [1.54, 1.807) is 36.7 Å². The fourth-order valence-electron chi connectivity index (χ4n) is 1.44. The molecule has 0 spiro atoms. The molecule has 92 valence electrons. The van der Waals surface area contributed by atoms with Crippen molar-refractivity contribution in [3.8, 4) is 11.4 Å². The van der Waals surface area contributed by atoms with E-state index >= 15 is 0 Å². The van der Waals surface area contributed by atoms with Gasteiger partial charge in [-0.15, -0.1) is 0 Å². The molecule has 1 aromatic heterocycles. The third-order valence-electron chi connectivity index (χ3n) is 2.31. The molecule has 1 heterocycles. The Balaban J connectivity index is 2.27. The summed E-state index contributed by atoms with van der Waals surface area (Å²) in [4.78, 5) is 8.31. The molecule has 0 saturated heterocycles. The summed E-state index contributed by atoms with van der Waals surface area (Å²) in [5.74, 6) is 0.136. The number of aromatic nitrogens is 2. The number of hydrogen-bond donors (Lipinski definition) is 1. The fraction of sp³-hybridized carbons (Fsp3) is 0.0769. The number of nitrogens with zero attached hydrogens (tertiary/aromatic N) is 2. The van der Waals surface area contributed by atoms with Gasteiger partial charge in [-0.3, -0.25) is 0 Å². The first kappa shape index (κ1) is 12.9. The molecule has 3 nitrogen and oxygen atoms in total. The average molecular weight is 309 g/mol. The molecule has 1 aromatic carbocycles. The van der Waals surface area contributed by atoms with E-state index in [9.17, 15) is 4.39 Å². The smallest absolute Gasteiger partial charge is 0.159 e. The number of benzene rings is 1. The van der Waals surface area contributed by atoms with Gasteiger partial charge in [0.1, 0.15) is 5.83 Å². The lowest BCUT2D eigenvalue weighted by molar-refractivity contribution is 0.342. The van der Waals surface area contributed by atoms with Crippen LogP contribution in [0.5, 0.6) is 0 Å². The topological polar surface area (TPSA) is 46.0 Å². The summed E-state index contributed by atoms with van der Waals surface area (Å²) in [5.41, 5.74) is 1.23. The first-order valence-electron chi connectivity index (χ1n) is 5.25. The first-order valence-corrected chi connectivity index (χ1v) is 6.05. The van der Waals surface area contributed by atoms with Crippen molar-refractivity contribution in [3.05, 3.63) is 52.8 Å². The molecule has 0 atom stereocenters. The Labute approximate surface area is 112 Å². The number of aliphatic hydroxyl groups excluding tert-OH is 1. The van der Waals surface area contributed by atoms with Crippen molar-refractivity contribution >= 4 is 21.8 Å². The van der Waals surface area contributed by atoms with Crippen LogP contribution in [0.1, 0.15) is 5.56 Å². The standard InChI is InChI=1S/C13H10BrFN2O/c14-11-7-16-13(17-8-11)10-3-1-9(2-4-10)12(15)5-6-18/h1-5,7-8,18H,6H2. The van der Waals surface area contributed by atoms with E-state index in [-0.39, 0.29) is 6.61 Å². The number of halogens is 2. The summed E-state index contributed by atoms with van der Waals surface area (Å²) in [7, 11) is 0. The lowest BCUT2D eigenvalue weighted by Crippen LogP contribution is -1.88. The Morgan fingerprint density at radius 3 is 2.39 bits per heavy atom. The van der Waals surface area contributed by atoms with Gasteiger partial charge in [0, 0.05) is 23.5 Å². The minimum Gasteiger partial charge on any atom is -0.392 e. The van der Waals surface area contributed by atoms with Crippen molar-refractivity contribution in [2.24, 2.45) is 0 Å². The fourth-order valence-corrected chi connectivity index (χ4v) is 1.64. The van der Waals surface area contributed by atoms with E-state index in [4.69, 9.17) is 5.11 Å². The van der Waals surface area contributed by atoms with Crippen LogP contribution in [-0.4, -0.2) is 21.7 Å². The summed E-state index contributed by atoms with van der Waals surface area (Å²) < 4.78 is 14.2. The molecular weight excluding hydrogens is 299 g/mol. The van der Waals surface area contributed by atoms with Crippen LogP contribution in [0.4, 0.5) is 4.39 Å². The molecule has 1 N–H and O–H groups in total. The molecule has 0 amide bonds. The van der Waals surface area contributed by atoms with Gasteiger partial charge in [-0.25, -0.2) is 14.4 Å². The molecule has 0 aliphatic carbocycles. The van der Waals surface area contributed by atoms with Crippen LogP contribution in [0.25, 0.3) is 17.2 Å². The van der Waals surface area contributed by atoms with E-state index < -0.39 is 5.83 Å². The van der Waals surface area contributed by atoms with Gasteiger partial charge in [-0.1, -0.05) is 24.3 Å². The minimum atomic E-state index is -0.444. The number of aliphatic hydroxyl groups is 1. The predicted molar refractivity (Wildman–Crippen MR) is 71.3 cm³/mol. The highest BCUT2D eigenvalue weighted by Gasteiger charge is 2.03. The molecule has 0 radical (unpaired) electrons. The van der Waals surface area contributed by atoms with Gasteiger partial charge in [0.15, 0.2) is 5.82 Å². The summed E-state index contributed by atoms with van der Waals surface area (Å²) in [6.45, 7) is -0.316. The molecule has 0 saturated carbocycles. The molecule has 0 aliphatic rings. The molecule has 2 aromatic rings. The molecule has 0 unspecified atom stereocenters. The van der Waals surface area contributed by atoms with Crippen LogP contribution in [0.2, 0.25) is 0 Å². The summed E-state index contributed by atoms with van der Waals surface area (Å²) >= 11 is 3.26. The Bertz CT molecular complexity index is 552. The molecule has 0 fully saturated rings. The predicted octanol–water partition coefficient (Wildman–Crippen LogP) is 3.21. The summed E-state index contributed by atoms with van der Waals surface area (Å²) in [6.07, 6.45) is 4.43. The Hall–Kier alpha value is -1.59. The van der Waals surface area contributed by atoms with Gasteiger partial charge < -0.3 is 5.11 Å². The van der Waals surface area contributed by atoms with Crippen molar-refractivity contribution in [2.45, 2.75) is 0 Å². The zero-order valence-corrected chi connectivity index (χ0v) is 10.9. The highest BCUT2D eigenvalue weighted by Crippen LogP contribution is 2.21. The third kappa shape index (κ3) is 3.00. The Morgan fingerprint density at radius 2 is 1.83 bits per heavy atom. The van der Waals surface area contributed by atoms with E-state index in [2.05, 4.69) is 25.9 Å². The van der Waals surface area contributed by atoms with Crippen LogP contribution in [-0.2, 0) is 0 Å². The molecule has 18 heavy (non-hydrogen) atoms. The molecule has 0 aliphatic heterocycles. The van der Waals surface area contributed by atoms with Crippen LogP contribution in [0, 0.1) is 0 Å². The van der Waals surface area contributed by atoms with Crippen LogP contribution >= 0.6 is 15.9 Å². The second-order valence-electron chi connectivity index (χ2n) is 3.54. The van der Waals surface area contributed by atoms with Crippen molar-refractivity contribution in [1.29, 1.82) is 0 Å². The second kappa shape index (κ2) is 5.84. The van der Waals surface area contributed by atoms with Gasteiger partial charge in [0.2, 0.25) is 0 Å². The SMILES string of the molecule is OCC=C(F)c1ccc(-c2ncc(Br)cn2)cc1. The lowest BCUT2D eigenvalue weighted by atomic mass is 10.1. The van der Waals surface area contributed by atoms with Crippen molar-refractivity contribution in [3.63, 3.8) is 0 Å². The molecule has 2 rings (SSSR count). The van der Waals surface area contributed by atoms with Crippen LogP contribution < -0.4 is 0 Å². The van der Waals surface area contributed by atoms with Crippen molar-refractivity contribution < 1.29 is 9.50 Å². The van der Waals surface area contributed by atoms with Gasteiger partial charge in [-0.2, -0.15) is 0 Å². The van der Waals surface area contributed by atoms with Crippen molar-refractivity contribution in [2.75, 3.05) is 6.61 Å². The third-order valence-corrected chi connectivity index (χ3v) is 2.72. The van der Waals surface area contributed by atoms with Gasteiger partial charge in [0.05, 0.1) is 11.1 Å². The highest BCUT2D eigenvalue weighted by molar-refractivity contribution is 9.10. The van der Waals surface area contributed by atoms with E-state index in [0.29, 0.717) is 11.4 Å². The maximum Gasteiger partial charge on any atom is 0.159 e. The van der Waals surface area contributed by atoms with E-state index in [1.165, 1.54) is 0 Å². The summed E-state index contributed by atoms with van der Waals surface area (Å²) in [6, 6.07) is 6.73. The van der Waals surface area contributed by atoms with Gasteiger partial charge in [-0.05, 0) is 22.0 Å². The first-order chi connectivity index (χ1) is 8.70. The normalized spacial score (nSPS) is 11.6. The molecule has 5 heteroatoms. The minimum absolute atomic E-state index is 0.316. The van der Waals surface area contributed by atoms with E-state index in [1.807, 2.05) is 0 Å². The summed E-state index contributed by atoms with van der Waals surface area (Å²) in [5, 5.41) is 8.62. The quantitative estimate of drug-likeness (QED) is 0.947. The maximum absolute atomic E-state index is 13.4. The van der Waals surface area contributed by atoms with Gasteiger partial charge in [0.25, 0.3) is 0 Å².